The summed E-state index contributed by atoms with van der Waals surface area (Å²) >= 11 is 6.01. The SMILES string of the molecule is O=C(c1ccccc1Cl)N1CCN(/C(=N/C2(C(=O)O)CC2)C(F)(F)F)CC1. The van der Waals surface area contributed by atoms with E-state index in [4.69, 9.17) is 16.7 Å². The Hall–Kier alpha value is -2.29. The van der Waals surface area contributed by atoms with Crippen molar-refractivity contribution in [3.8, 4) is 0 Å². The van der Waals surface area contributed by atoms with Crippen LogP contribution in [0.3, 0.4) is 0 Å². The van der Waals surface area contributed by atoms with E-state index in [0.717, 1.165) is 4.90 Å². The van der Waals surface area contributed by atoms with Gasteiger partial charge in [0.15, 0.2) is 5.54 Å². The summed E-state index contributed by atoms with van der Waals surface area (Å²) in [5.74, 6) is -2.89. The van der Waals surface area contributed by atoms with Gasteiger partial charge in [0, 0.05) is 26.2 Å². The second-order valence-electron chi connectivity index (χ2n) is 6.53. The second kappa shape index (κ2) is 7.03. The molecule has 1 aromatic carbocycles. The van der Waals surface area contributed by atoms with E-state index in [1.807, 2.05) is 0 Å². The molecule has 1 saturated heterocycles. The second-order valence-corrected chi connectivity index (χ2v) is 6.94. The van der Waals surface area contributed by atoms with Crippen molar-refractivity contribution in [1.82, 2.24) is 9.80 Å². The molecule has 2 fully saturated rings. The molecule has 3 rings (SSSR count). The highest BCUT2D eigenvalue weighted by molar-refractivity contribution is 6.33. The molecule has 27 heavy (non-hydrogen) atoms. The third-order valence-corrected chi connectivity index (χ3v) is 5.00. The number of carboxylic acid groups (broad SMARTS) is 1. The van der Waals surface area contributed by atoms with Crippen LogP contribution in [-0.4, -0.2) is 70.5 Å². The number of carbonyl (C=O) groups is 2. The number of carbonyl (C=O) groups excluding carboxylic acids is 1. The Morgan fingerprint density at radius 3 is 2.11 bits per heavy atom. The van der Waals surface area contributed by atoms with Crippen LogP contribution in [0.15, 0.2) is 29.3 Å². The number of amides is 1. The first-order valence-corrected chi connectivity index (χ1v) is 8.71. The van der Waals surface area contributed by atoms with Gasteiger partial charge < -0.3 is 14.9 Å². The van der Waals surface area contributed by atoms with Crippen LogP contribution in [0.5, 0.6) is 0 Å². The van der Waals surface area contributed by atoms with E-state index in [1.165, 1.54) is 4.90 Å². The van der Waals surface area contributed by atoms with Crippen LogP contribution in [0.25, 0.3) is 0 Å². The van der Waals surface area contributed by atoms with Gasteiger partial charge in [-0.15, -0.1) is 0 Å². The van der Waals surface area contributed by atoms with Gasteiger partial charge in [0.1, 0.15) is 0 Å². The van der Waals surface area contributed by atoms with Crippen molar-refractivity contribution >= 4 is 29.3 Å². The van der Waals surface area contributed by atoms with Crippen molar-refractivity contribution in [2.75, 3.05) is 26.2 Å². The van der Waals surface area contributed by atoms with Gasteiger partial charge in [0.05, 0.1) is 10.6 Å². The molecule has 1 aromatic rings. The van der Waals surface area contributed by atoms with Crippen LogP contribution in [0.2, 0.25) is 5.02 Å². The molecule has 10 heteroatoms. The Labute approximate surface area is 158 Å². The summed E-state index contributed by atoms with van der Waals surface area (Å²) in [6, 6.07) is 6.47. The fourth-order valence-corrected chi connectivity index (χ4v) is 3.15. The third-order valence-electron chi connectivity index (χ3n) is 4.67. The summed E-state index contributed by atoms with van der Waals surface area (Å²) in [5, 5.41) is 9.40. The molecule has 1 amide bonds. The van der Waals surface area contributed by atoms with Crippen LogP contribution >= 0.6 is 11.6 Å². The van der Waals surface area contributed by atoms with E-state index in [2.05, 4.69) is 4.99 Å². The van der Waals surface area contributed by atoms with Crippen LogP contribution < -0.4 is 0 Å². The summed E-state index contributed by atoms with van der Waals surface area (Å²) in [6.07, 6.45) is -4.58. The quantitative estimate of drug-likeness (QED) is 0.622. The Balaban J connectivity index is 1.73. The predicted octanol–water partition coefficient (Wildman–Crippen LogP) is 2.68. The molecule has 1 saturated carbocycles. The molecular weight excluding hydrogens is 387 g/mol. The number of alkyl halides is 3. The van der Waals surface area contributed by atoms with Crippen LogP contribution in [0, 0.1) is 0 Å². The van der Waals surface area contributed by atoms with Gasteiger partial charge in [-0.05, 0) is 25.0 Å². The van der Waals surface area contributed by atoms with Crippen molar-refractivity contribution in [3.63, 3.8) is 0 Å². The largest absolute Gasteiger partial charge is 0.479 e. The predicted molar refractivity (Wildman–Crippen MR) is 92.0 cm³/mol. The maximum absolute atomic E-state index is 13.4. The van der Waals surface area contributed by atoms with Gasteiger partial charge in [0.25, 0.3) is 5.91 Å². The molecule has 0 aromatic heterocycles. The average molecular weight is 404 g/mol. The van der Waals surface area contributed by atoms with E-state index in [9.17, 15) is 22.8 Å². The number of hydrogen-bond donors (Lipinski definition) is 1. The zero-order chi connectivity index (χ0) is 19.8. The van der Waals surface area contributed by atoms with Crippen molar-refractivity contribution in [3.05, 3.63) is 34.9 Å². The lowest BCUT2D eigenvalue weighted by molar-refractivity contribution is -0.139. The third kappa shape index (κ3) is 4.02. The zero-order valence-electron chi connectivity index (χ0n) is 14.2. The summed E-state index contributed by atoms with van der Waals surface area (Å²) < 4.78 is 40.3. The Bertz CT molecular complexity index is 785. The first kappa shape index (κ1) is 19.5. The Morgan fingerprint density at radius 2 is 1.63 bits per heavy atom. The molecule has 0 bridgehead atoms. The van der Waals surface area contributed by atoms with Gasteiger partial charge in [-0.25, -0.2) is 9.79 Å². The van der Waals surface area contributed by atoms with Crippen LogP contribution in [0.1, 0.15) is 23.2 Å². The van der Waals surface area contributed by atoms with Crippen LogP contribution in [-0.2, 0) is 4.79 Å². The van der Waals surface area contributed by atoms with Gasteiger partial charge in [-0.3, -0.25) is 4.79 Å². The minimum atomic E-state index is -4.76. The molecule has 146 valence electrons. The molecule has 0 atom stereocenters. The lowest BCUT2D eigenvalue weighted by Crippen LogP contribution is -2.54. The van der Waals surface area contributed by atoms with E-state index < -0.39 is 23.5 Å². The molecule has 0 radical (unpaired) electrons. The smallest absolute Gasteiger partial charge is 0.449 e. The molecule has 1 N–H and O–H groups in total. The topological polar surface area (TPSA) is 73.2 Å². The van der Waals surface area contributed by atoms with Crippen LogP contribution in [0.4, 0.5) is 13.2 Å². The van der Waals surface area contributed by atoms with Gasteiger partial charge in [0.2, 0.25) is 5.84 Å². The molecule has 2 aliphatic rings. The number of benzene rings is 1. The van der Waals surface area contributed by atoms with Crippen molar-refractivity contribution in [2.45, 2.75) is 24.6 Å². The maximum Gasteiger partial charge on any atom is 0.449 e. The minimum Gasteiger partial charge on any atom is -0.479 e. The summed E-state index contributed by atoms with van der Waals surface area (Å²) in [7, 11) is 0. The molecule has 1 heterocycles. The van der Waals surface area contributed by atoms with Gasteiger partial charge >= 0.3 is 12.1 Å². The normalized spacial score (nSPS) is 19.8. The highest BCUT2D eigenvalue weighted by Crippen LogP contribution is 2.41. The number of aliphatic imine (C=N–C) groups is 1. The van der Waals surface area contributed by atoms with Gasteiger partial charge in [-0.2, -0.15) is 13.2 Å². The highest BCUT2D eigenvalue weighted by atomic mass is 35.5. The number of hydrogen-bond acceptors (Lipinski definition) is 3. The summed E-state index contributed by atoms with van der Waals surface area (Å²) in [5.41, 5.74) is -1.38. The Morgan fingerprint density at radius 1 is 1.07 bits per heavy atom. The fraction of sp³-hybridized carbons (Fsp3) is 0.471. The molecule has 1 aliphatic carbocycles. The number of piperazine rings is 1. The first-order chi connectivity index (χ1) is 12.6. The maximum atomic E-state index is 13.4. The van der Waals surface area contributed by atoms with Gasteiger partial charge in [-0.1, -0.05) is 23.7 Å². The number of rotatable bonds is 3. The monoisotopic (exact) mass is 403 g/mol. The minimum absolute atomic E-state index is 0.0548. The van der Waals surface area contributed by atoms with Crippen molar-refractivity contribution in [2.24, 2.45) is 4.99 Å². The highest BCUT2D eigenvalue weighted by Gasteiger charge is 2.54. The molecular formula is C17H17ClF3N3O3. The number of halogens is 4. The lowest BCUT2D eigenvalue weighted by Gasteiger charge is -2.37. The molecule has 6 nitrogen and oxygen atoms in total. The summed E-state index contributed by atoms with van der Waals surface area (Å²) in [4.78, 5) is 29.7. The molecule has 0 spiro atoms. The standard InChI is InChI=1S/C17H17ClF3N3O3/c18-12-4-2-1-3-11(12)13(25)23-7-9-24(10-8-23)14(17(19,20)21)22-16(5-6-16)15(26)27/h1-4H,5-10H2,(H,26,27)/b22-14+. The molecule has 0 unspecified atom stereocenters. The number of aliphatic carboxylic acids is 1. The van der Waals surface area contributed by atoms with Crippen molar-refractivity contribution in [1.29, 1.82) is 0 Å². The van der Waals surface area contributed by atoms with E-state index in [-0.39, 0.29) is 50.0 Å². The summed E-state index contributed by atoms with van der Waals surface area (Å²) in [6.45, 7) is -0.0765. The lowest BCUT2D eigenvalue weighted by atomic mass is 10.1. The zero-order valence-corrected chi connectivity index (χ0v) is 14.9. The number of carboxylic acids is 1. The Kier molecular flexibility index (Phi) is 5.07. The average Bonchev–Trinajstić information content (AvgIpc) is 3.40. The van der Waals surface area contributed by atoms with E-state index in [0.29, 0.717) is 5.56 Å². The number of amidine groups is 1. The number of nitrogens with zero attached hydrogens (tertiary/aromatic N) is 3. The molecule has 1 aliphatic heterocycles. The van der Waals surface area contributed by atoms with E-state index in [1.54, 1.807) is 24.3 Å². The fourth-order valence-electron chi connectivity index (χ4n) is 2.93. The first-order valence-electron chi connectivity index (χ1n) is 8.33. The van der Waals surface area contributed by atoms with E-state index >= 15 is 0 Å². The van der Waals surface area contributed by atoms with Crippen molar-refractivity contribution < 1.29 is 27.9 Å².